The van der Waals surface area contributed by atoms with E-state index in [0.717, 1.165) is 17.0 Å². The Morgan fingerprint density at radius 1 is 1.11 bits per heavy atom. The minimum atomic E-state index is -0.566. The maximum absolute atomic E-state index is 13.0. The molecule has 0 aliphatic heterocycles. The summed E-state index contributed by atoms with van der Waals surface area (Å²) in [5.74, 6) is 0.0145. The van der Waals surface area contributed by atoms with Crippen LogP contribution in [-0.4, -0.2) is 40.2 Å². The van der Waals surface area contributed by atoms with Gasteiger partial charge in [-0.25, -0.2) is 9.50 Å². The molecule has 0 bridgehead atoms. The number of non-ortho nitro benzene ring substituents is 1. The first-order valence-corrected chi connectivity index (χ1v) is 10.4. The summed E-state index contributed by atoms with van der Waals surface area (Å²) in [6.45, 7) is 1.93. The Morgan fingerprint density at radius 2 is 1.97 bits per heavy atom. The third kappa shape index (κ3) is 4.27. The second-order valence-electron chi connectivity index (χ2n) is 7.61. The quantitative estimate of drug-likeness (QED) is 0.292. The van der Waals surface area contributed by atoms with Crippen molar-refractivity contribution in [1.29, 1.82) is 0 Å². The van der Waals surface area contributed by atoms with Crippen molar-refractivity contribution in [2.45, 2.75) is 6.92 Å². The predicted octanol–water partition coefficient (Wildman–Crippen LogP) is 3.79. The highest BCUT2D eigenvalue weighted by molar-refractivity contribution is 6.03. The highest BCUT2D eigenvalue weighted by Gasteiger charge is 2.18. The predicted molar refractivity (Wildman–Crippen MR) is 125 cm³/mol. The number of carbonyl (C=O) groups is 1. The number of hydrogen-bond acceptors (Lipinski definition) is 8. The van der Waals surface area contributed by atoms with Crippen LogP contribution < -0.4 is 10.1 Å². The molecule has 1 N–H and O–H groups in total. The maximum Gasteiger partial charge on any atom is 0.276 e. The van der Waals surface area contributed by atoms with Crippen LogP contribution in [-0.2, 0) is 7.05 Å². The minimum absolute atomic E-state index is 0.0905. The first-order chi connectivity index (χ1) is 16.9. The summed E-state index contributed by atoms with van der Waals surface area (Å²) in [6.07, 6.45) is 6.40. The van der Waals surface area contributed by atoms with Crippen molar-refractivity contribution in [2.24, 2.45) is 7.05 Å². The molecule has 0 aliphatic carbocycles. The topological polar surface area (TPSA) is 142 Å². The van der Waals surface area contributed by atoms with E-state index in [1.54, 1.807) is 46.0 Å². The number of nitrogens with one attached hydrogen (secondary N) is 1. The average molecular weight is 470 g/mol. The zero-order chi connectivity index (χ0) is 24.5. The molecular formula is C23H18N8O4. The van der Waals surface area contributed by atoms with Gasteiger partial charge in [-0.15, -0.1) is 0 Å². The van der Waals surface area contributed by atoms with Crippen LogP contribution >= 0.6 is 0 Å². The number of nitrogens with zero attached hydrogens (tertiary/aromatic N) is 7. The van der Waals surface area contributed by atoms with Crippen LogP contribution in [0.25, 0.3) is 16.9 Å². The van der Waals surface area contributed by atoms with Gasteiger partial charge < -0.3 is 10.1 Å². The van der Waals surface area contributed by atoms with Gasteiger partial charge in [0.2, 0.25) is 0 Å². The molecule has 12 nitrogen and oxygen atoms in total. The normalized spacial score (nSPS) is 10.9. The zero-order valence-corrected chi connectivity index (χ0v) is 18.6. The van der Waals surface area contributed by atoms with Gasteiger partial charge in [-0.05, 0) is 25.1 Å². The number of anilines is 1. The number of nitro benzene ring substituents is 1. The molecule has 4 aromatic heterocycles. The van der Waals surface area contributed by atoms with Crippen LogP contribution in [0.2, 0.25) is 0 Å². The SMILES string of the molecule is Cc1c(-c2ccnc3cc(C(=O)Nc4cc(Oc5cccnc5)cc([N+](=O)[O-])c4)nn23)cnn1C. The number of benzene rings is 1. The monoisotopic (exact) mass is 470 g/mol. The van der Waals surface area contributed by atoms with Crippen molar-refractivity contribution >= 4 is 22.9 Å². The third-order valence-corrected chi connectivity index (χ3v) is 5.33. The fraction of sp³-hybridized carbons (Fsp3) is 0.0870. The van der Waals surface area contributed by atoms with Crippen LogP contribution in [0.3, 0.4) is 0 Å². The molecule has 1 amide bonds. The first kappa shape index (κ1) is 21.7. The first-order valence-electron chi connectivity index (χ1n) is 10.4. The molecule has 12 heteroatoms. The zero-order valence-electron chi connectivity index (χ0n) is 18.6. The number of fused-ring (bicyclic) bond motifs is 1. The summed E-state index contributed by atoms with van der Waals surface area (Å²) in [6, 6.07) is 10.6. The average Bonchev–Trinajstić information content (AvgIpc) is 3.43. The number of amides is 1. The van der Waals surface area contributed by atoms with Gasteiger partial charge in [-0.1, -0.05) is 0 Å². The number of aromatic nitrogens is 6. The Labute approximate surface area is 198 Å². The van der Waals surface area contributed by atoms with E-state index in [0.29, 0.717) is 11.4 Å². The summed E-state index contributed by atoms with van der Waals surface area (Å²) < 4.78 is 8.97. The summed E-state index contributed by atoms with van der Waals surface area (Å²) in [5.41, 5.74) is 3.00. The highest BCUT2D eigenvalue weighted by atomic mass is 16.6. The van der Waals surface area contributed by atoms with Crippen molar-refractivity contribution in [3.05, 3.63) is 88.8 Å². The number of nitro groups is 1. The Hall–Kier alpha value is -5.13. The van der Waals surface area contributed by atoms with Crippen LogP contribution in [0, 0.1) is 17.0 Å². The molecule has 5 aromatic rings. The molecule has 0 fully saturated rings. The lowest BCUT2D eigenvalue weighted by atomic mass is 10.2. The van der Waals surface area contributed by atoms with E-state index in [2.05, 4.69) is 25.5 Å². The van der Waals surface area contributed by atoms with E-state index in [1.807, 2.05) is 14.0 Å². The van der Waals surface area contributed by atoms with Gasteiger partial charge in [0.25, 0.3) is 11.6 Å². The smallest absolute Gasteiger partial charge is 0.276 e. The second-order valence-corrected chi connectivity index (χ2v) is 7.61. The van der Waals surface area contributed by atoms with E-state index < -0.39 is 10.8 Å². The molecule has 0 unspecified atom stereocenters. The summed E-state index contributed by atoms with van der Waals surface area (Å²) in [4.78, 5) is 32.1. The van der Waals surface area contributed by atoms with Crippen LogP contribution in [0.5, 0.6) is 11.5 Å². The Bertz CT molecular complexity index is 1580. The van der Waals surface area contributed by atoms with Gasteiger partial charge in [0.15, 0.2) is 11.3 Å². The molecule has 5 rings (SSSR count). The molecule has 0 radical (unpaired) electrons. The standard InChI is InChI=1S/C23H18N8O4/c1-14-19(13-26-29(14)2)21-5-7-25-22-11-20(28-30(21)22)23(32)27-15-8-16(31(33)34)10-18(9-15)35-17-4-3-6-24-12-17/h3-13H,1-2H3,(H,27,32). The van der Waals surface area contributed by atoms with E-state index >= 15 is 0 Å². The number of aryl methyl sites for hydroxylation is 1. The maximum atomic E-state index is 13.0. The van der Waals surface area contributed by atoms with Crippen molar-refractivity contribution in [2.75, 3.05) is 5.32 Å². The van der Waals surface area contributed by atoms with Crippen molar-refractivity contribution in [3.63, 3.8) is 0 Å². The fourth-order valence-electron chi connectivity index (χ4n) is 3.52. The molecule has 174 valence electrons. The van der Waals surface area contributed by atoms with Crippen molar-refractivity contribution in [3.8, 4) is 22.8 Å². The van der Waals surface area contributed by atoms with Crippen LogP contribution in [0.15, 0.2) is 67.3 Å². The Balaban J connectivity index is 1.46. The lowest BCUT2D eigenvalue weighted by Crippen LogP contribution is -2.13. The van der Waals surface area contributed by atoms with E-state index in [1.165, 1.54) is 30.5 Å². The Morgan fingerprint density at radius 3 is 2.69 bits per heavy atom. The molecule has 0 aliphatic rings. The lowest BCUT2D eigenvalue weighted by molar-refractivity contribution is -0.384. The van der Waals surface area contributed by atoms with E-state index in [-0.39, 0.29) is 22.8 Å². The molecule has 0 saturated heterocycles. The Kier molecular flexibility index (Phi) is 5.37. The fourth-order valence-corrected chi connectivity index (χ4v) is 3.52. The summed E-state index contributed by atoms with van der Waals surface area (Å²) in [5, 5.41) is 22.8. The summed E-state index contributed by atoms with van der Waals surface area (Å²) in [7, 11) is 1.84. The number of ether oxygens (including phenoxy) is 1. The van der Waals surface area contributed by atoms with Gasteiger partial charge in [0.1, 0.15) is 11.5 Å². The number of rotatable bonds is 6. The minimum Gasteiger partial charge on any atom is -0.455 e. The van der Waals surface area contributed by atoms with Crippen molar-refractivity contribution < 1.29 is 14.5 Å². The molecule has 0 spiro atoms. The van der Waals surface area contributed by atoms with E-state index in [9.17, 15) is 14.9 Å². The van der Waals surface area contributed by atoms with Gasteiger partial charge in [0, 0.05) is 48.9 Å². The largest absolute Gasteiger partial charge is 0.455 e. The van der Waals surface area contributed by atoms with E-state index in [4.69, 9.17) is 4.74 Å². The number of hydrogen-bond donors (Lipinski definition) is 1. The molecule has 35 heavy (non-hydrogen) atoms. The van der Waals surface area contributed by atoms with Gasteiger partial charge in [-0.2, -0.15) is 10.2 Å². The highest BCUT2D eigenvalue weighted by Crippen LogP contribution is 2.30. The molecule has 0 saturated carbocycles. The van der Waals surface area contributed by atoms with Gasteiger partial charge in [-0.3, -0.25) is 24.6 Å². The number of carbonyl (C=O) groups excluding carboxylic acids is 1. The van der Waals surface area contributed by atoms with Gasteiger partial charge >= 0.3 is 0 Å². The molecular weight excluding hydrogens is 452 g/mol. The summed E-state index contributed by atoms with van der Waals surface area (Å²) >= 11 is 0. The molecule has 1 aromatic carbocycles. The lowest BCUT2D eigenvalue weighted by Gasteiger charge is -2.08. The van der Waals surface area contributed by atoms with Crippen LogP contribution in [0.4, 0.5) is 11.4 Å². The van der Waals surface area contributed by atoms with Gasteiger partial charge in [0.05, 0.1) is 34.8 Å². The second kappa shape index (κ2) is 8.67. The third-order valence-electron chi connectivity index (χ3n) is 5.33. The number of pyridine rings is 1. The molecule has 4 heterocycles. The molecule has 0 atom stereocenters. The van der Waals surface area contributed by atoms with Crippen LogP contribution in [0.1, 0.15) is 16.2 Å². The van der Waals surface area contributed by atoms with Crippen molar-refractivity contribution in [1.82, 2.24) is 29.4 Å².